The van der Waals surface area contributed by atoms with Crippen molar-refractivity contribution in [2.75, 3.05) is 52.6 Å². The summed E-state index contributed by atoms with van der Waals surface area (Å²) in [6.45, 7) is 3.08. The zero-order valence-corrected chi connectivity index (χ0v) is 18.4. The van der Waals surface area contributed by atoms with Crippen LogP contribution in [0.25, 0.3) is 0 Å². The van der Waals surface area contributed by atoms with Crippen LogP contribution in [0.2, 0.25) is 5.02 Å². The van der Waals surface area contributed by atoms with E-state index in [1.165, 1.54) is 18.7 Å². The molecule has 170 valence electrons. The Kier molecular flexibility index (Phi) is 7.19. The average Bonchev–Trinajstić information content (AvgIpc) is 2.84. The van der Waals surface area contributed by atoms with Crippen LogP contribution in [0.15, 0.2) is 43.0 Å². The third-order valence-electron chi connectivity index (χ3n) is 5.48. The van der Waals surface area contributed by atoms with E-state index in [2.05, 4.69) is 9.97 Å². The van der Waals surface area contributed by atoms with Crippen molar-refractivity contribution in [3.8, 4) is 5.75 Å². The Morgan fingerprint density at radius 3 is 2.59 bits per heavy atom. The minimum Gasteiger partial charge on any atom is -0.490 e. The number of carbonyl (C=O) groups excluding carboxylic acids is 2. The largest absolute Gasteiger partial charge is 0.490 e. The van der Waals surface area contributed by atoms with E-state index in [0.29, 0.717) is 49.2 Å². The topological polar surface area (TPSA) is 94.1 Å². The standard InChI is InChI=1S/C22H25ClN4O5/c23-18-2-1-3-19(10-18)31-15-22(11-20(28)26-4-7-30-8-5-26)14-27(6-9-32-22)21(29)17-12-24-16-25-13-17/h1-3,10,12-13,16H,4-9,11,14-15H2. The van der Waals surface area contributed by atoms with Crippen LogP contribution in [-0.2, 0) is 14.3 Å². The van der Waals surface area contributed by atoms with E-state index in [9.17, 15) is 9.59 Å². The summed E-state index contributed by atoms with van der Waals surface area (Å²) in [6, 6.07) is 7.03. The first-order valence-electron chi connectivity index (χ1n) is 10.5. The lowest BCUT2D eigenvalue weighted by molar-refractivity contribution is -0.155. The van der Waals surface area contributed by atoms with E-state index >= 15 is 0 Å². The van der Waals surface area contributed by atoms with Gasteiger partial charge in [-0.1, -0.05) is 17.7 Å². The molecule has 0 aliphatic carbocycles. The van der Waals surface area contributed by atoms with Crippen molar-refractivity contribution in [1.82, 2.24) is 19.8 Å². The second kappa shape index (κ2) is 10.2. The zero-order chi connectivity index (χ0) is 22.4. The lowest BCUT2D eigenvalue weighted by Crippen LogP contribution is -2.58. The van der Waals surface area contributed by atoms with Crippen LogP contribution in [0, 0.1) is 0 Å². The number of morpholine rings is 2. The van der Waals surface area contributed by atoms with Crippen LogP contribution in [0.5, 0.6) is 5.75 Å². The number of benzene rings is 1. The van der Waals surface area contributed by atoms with E-state index in [1.54, 1.807) is 34.1 Å². The van der Waals surface area contributed by atoms with Crippen LogP contribution in [0.1, 0.15) is 16.8 Å². The van der Waals surface area contributed by atoms with Crippen LogP contribution in [0.4, 0.5) is 0 Å². The van der Waals surface area contributed by atoms with Crippen molar-refractivity contribution < 1.29 is 23.8 Å². The number of amides is 2. The first-order chi connectivity index (χ1) is 15.5. The molecule has 0 saturated carbocycles. The van der Waals surface area contributed by atoms with Crippen molar-refractivity contribution in [3.63, 3.8) is 0 Å². The van der Waals surface area contributed by atoms with Crippen molar-refractivity contribution in [2.45, 2.75) is 12.0 Å². The number of ether oxygens (including phenoxy) is 3. The van der Waals surface area contributed by atoms with Crippen molar-refractivity contribution >= 4 is 23.4 Å². The number of aromatic nitrogens is 2. The summed E-state index contributed by atoms with van der Waals surface area (Å²) in [5.41, 5.74) is -0.611. The minimum atomic E-state index is -0.999. The van der Waals surface area contributed by atoms with Crippen LogP contribution >= 0.6 is 11.6 Å². The van der Waals surface area contributed by atoms with Gasteiger partial charge >= 0.3 is 0 Å². The van der Waals surface area contributed by atoms with Crippen LogP contribution in [0.3, 0.4) is 0 Å². The first-order valence-corrected chi connectivity index (χ1v) is 10.8. The Morgan fingerprint density at radius 2 is 1.84 bits per heavy atom. The van der Waals surface area contributed by atoms with E-state index in [4.69, 9.17) is 25.8 Å². The highest BCUT2D eigenvalue weighted by molar-refractivity contribution is 6.30. The summed E-state index contributed by atoms with van der Waals surface area (Å²) in [7, 11) is 0. The molecule has 10 heteroatoms. The van der Waals surface area contributed by atoms with Crippen molar-refractivity contribution in [1.29, 1.82) is 0 Å². The van der Waals surface area contributed by atoms with E-state index < -0.39 is 5.60 Å². The van der Waals surface area contributed by atoms with Gasteiger partial charge in [-0.25, -0.2) is 9.97 Å². The lowest BCUT2D eigenvalue weighted by atomic mass is 9.96. The molecule has 3 heterocycles. The summed E-state index contributed by atoms with van der Waals surface area (Å²) in [4.78, 5) is 37.4. The van der Waals surface area contributed by atoms with Crippen molar-refractivity contribution in [2.24, 2.45) is 0 Å². The third kappa shape index (κ3) is 5.53. The summed E-state index contributed by atoms with van der Waals surface area (Å²) in [5, 5.41) is 0.548. The SMILES string of the molecule is O=C(CC1(COc2cccc(Cl)c2)CN(C(=O)c2cncnc2)CCO1)N1CCOCC1. The molecule has 1 aromatic carbocycles. The van der Waals surface area contributed by atoms with Gasteiger partial charge in [0.1, 0.15) is 24.3 Å². The Morgan fingerprint density at radius 1 is 1.09 bits per heavy atom. The lowest BCUT2D eigenvalue weighted by Gasteiger charge is -2.43. The smallest absolute Gasteiger partial charge is 0.257 e. The Balaban J connectivity index is 1.52. The average molecular weight is 461 g/mol. The second-order valence-electron chi connectivity index (χ2n) is 7.80. The van der Waals surface area contributed by atoms with Gasteiger partial charge < -0.3 is 24.0 Å². The molecule has 2 aliphatic rings. The maximum absolute atomic E-state index is 13.1. The molecule has 0 spiro atoms. The molecule has 2 aromatic rings. The van der Waals surface area contributed by atoms with Crippen LogP contribution in [-0.4, -0.2) is 89.8 Å². The van der Waals surface area contributed by atoms with E-state index in [-0.39, 0.29) is 38.0 Å². The highest BCUT2D eigenvalue weighted by Gasteiger charge is 2.42. The monoisotopic (exact) mass is 460 g/mol. The molecule has 1 aromatic heterocycles. The van der Waals surface area contributed by atoms with E-state index in [1.807, 2.05) is 0 Å². The zero-order valence-electron chi connectivity index (χ0n) is 17.6. The molecule has 2 amide bonds. The van der Waals surface area contributed by atoms with Gasteiger partial charge in [0.05, 0.1) is 38.3 Å². The molecular formula is C22H25ClN4O5. The molecular weight excluding hydrogens is 436 g/mol. The molecule has 1 unspecified atom stereocenters. The molecule has 0 radical (unpaired) electrons. The van der Waals surface area contributed by atoms with Gasteiger partial charge in [-0.15, -0.1) is 0 Å². The fraction of sp³-hybridized carbons (Fsp3) is 0.455. The van der Waals surface area contributed by atoms with Crippen LogP contribution < -0.4 is 4.74 Å². The molecule has 4 rings (SSSR count). The quantitative estimate of drug-likeness (QED) is 0.647. The predicted octanol–water partition coefficient (Wildman–Crippen LogP) is 1.67. The van der Waals surface area contributed by atoms with Gasteiger partial charge in [0.25, 0.3) is 5.91 Å². The predicted molar refractivity (Wildman–Crippen MR) is 116 cm³/mol. The summed E-state index contributed by atoms with van der Waals surface area (Å²) in [6.07, 6.45) is 4.42. The second-order valence-corrected chi connectivity index (χ2v) is 8.24. The van der Waals surface area contributed by atoms with Crippen molar-refractivity contribution in [3.05, 3.63) is 53.6 Å². The summed E-state index contributed by atoms with van der Waals surface area (Å²) >= 11 is 6.07. The fourth-order valence-corrected chi connectivity index (χ4v) is 4.01. The molecule has 0 N–H and O–H groups in total. The minimum absolute atomic E-state index is 0.0552. The van der Waals surface area contributed by atoms with Gasteiger partial charge in [0.15, 0.2) is 0 Å². The molecule has 2 aliphatic heterocycles. The Bertz CT molecular complexity index is 941. The van der Waals surface area contributed by atoms with Gasteiger partial charge in [-0.05, 0) is 18.2 Å². The molecule has 32 heavy (non-hydrogen) atoms. The molecule has 0 bridgehead atoms. The maximum Gasteiger partial charge on any atom is 0.257 e. The maximum atomic E-state index is 13.1. The molecule has 2 fully saturated rings. The molecule has 2 saturated heterocycles. The number of carbonyl (C=O) groups is 2. The van der Waals surface area contributed by atoms with E-state index in [0.717, 1.165) is 0 Å². The highest BCUT2D eigenvalue weighted by Crippen LogP contribution is 2.27. The Hall–Kier alpha value is -2.75. The highest BCUT2D eigenvalue weighted by atomic mass is 35.5. The Labute approximate surface area is 191 Å². The van der Waals surface area contributed by atoms with Gasteiger partial charge in [0, 0.05) is 37.1 Å². The normalized spacial score (nSPS) is 21.3. The van der Waals surface area contributed by atoms with Gasteiger partial charge in [-0.2, -0.15) is 0 Å². The first kappa shape index (κ1) is 22.4. The van der Waals surface area contributed by atoms with Gasteiger partial charge in [-0.3, -0.25) is 9.59 Å². The fourth-order valence-electron chi connectivity index (χ4n) is 3.83. The summed E-state index contributed by atoms with van der Waals surface area (Å²) in [5.74, 6) is 0.305. The molecule has 1 atom stereocenters. The number of nitrogens with zero attached hydrogens (tertiary/aromatic N) is 4. The summed E-state index contributed by atoms with van der Waals surface area (Å²) < 4.78 is 17.5. The number of hydrogen-bond donors (Lipinski definition) is 0. The molecule has 9 nitrogen and oxygen atoms in total. The number of halogens is 1. The number of hydrogen-bond acceptors (Lipinski definition) is 7. The number of rotatable bonds is 6. The third-order valence-corrected chi connectivity index (χ3v) is 5.71. The van der Waals surface area contributed by atoms with Gasteiger partial charge in [0.2, 0.25) is 5.91 Å².